The minimum absolute atomic E-state index is 0.263. The van der Waals surface area contributed by atoms with Gasteiger partial charge in [-0.15, -0.1) is 0 Å². The van der Waals surface area contributed by atoms with Gasteiger partial charge < -0.3 is 0 Å². The fourth-order valence-corrected chi connectivity index (χ4v) is 3.68. The van der Waals surface area contributed by atoms with Crippen LogP contribution < -0.4 is 0 Å². The Morgan fingerprint density at radius 1 is 0.889 bits per heavy atom. The van der Waals surface area contributed by atoms with Gasteiger partial charge in [-0.1, -0.05) is 71.1 Å². The molecule has 90 valence electrons. The highest BCUT2D eigenvalue weighted by atomic mass is 127. The van der Waals surface area contributed by atoms with Crippen LogP contribution in [0, 0.1) is 0 Å². The van der Waals surface area contributed by atoms with E-state index in [2.05, 4.69) is 52.9 Å². The second-order valence-corrected chi connectivity index (χ2v) is 5.82. The minimum Gasteiger partial charge on any atom is -0.294 e. The lowest BCUT2D eigenvalue weighted by Crippen LogP contribution is -2.12. The number of Topliss-reactive ketones (excluding diaryl/α,β-unsaturated/α-hetero) is 1. The first kappa shape index (κ1) is 11.9. The van der Waals surface area contributed by atoms with E-state index in [-0.39, 0.29) is 9.71 Å². The first-order valence-corrected chi connectivity index (χ1v) is 7.36. The molecule has 0 aromatic heterocycles. The van der Waals surface area contributed by atoms with E-state index in [0.717, 1.165) is 17.5 Å². The van der Waals surface area contributed by atoms with E-state index >= 15 is 0 Å². The average Bonchev–Trinajstić information content (AvgIpc) is 2.43. The number of benzene rings is 2. The first-order valence-electron chi connectivity index (χ1n) is 6.11. The molecule has 1 aliphatic carbocycles. The van der Waals surface area contributed by atoms with Gasteiger partial charge >= 0.3 is 0 Å². The summed E-state index contributed by atoms with van der Waals surface area (Å²) in [5.74, 6) is 0.266. The molecule has 1 aliphatic rings. The van der Waals surface area contributed by atoms with Crippen molar-refractivity contribution in [3.8, 4) is 0 Å². The third kappa shape index (κ3) is 1.99. The van der Waals surface area contributed by atoms with Crippen LogP contribution in [0.15, 0.2) is 48.5 Å². The Bertz CT molecular complexity index is 604. The van der Waals surface area contributed by atoms with Crippen LogP contribution in [-0.2, 0) is 6.42 Å². The summed E-state index contributed by atoms with van der Waals surface area (Å²) >= 11 is 2.44. The molecule has 0 bridgehead atoms. The van der Waals surface area contributed by atoms with E-state index in [1.54, 1.807) is 0 Å². The summed E-state index contributed by atoms with van der Waals surface area (Å²) in [5, 5.41) is 0. The van der Waals surface area contributed by atoms with E-state index in [1.807, 2.05) is 18.2 Å². The Labute approximate surface area is 120 Å². The summed E-state index contributed by atoms with van der Waals surface area (Å²) in [6.07, 6.45) is 1.46. The smallest absolute Gasteiger partial charge is 0.163 e. The van der Waals surface area contributed by atoms with Crippen molar-refractivity contribution in [1.29, 1.82) is 0 Å². The van der Waals surface area contributed by atoms with Crippen molar-refractivity contribution in [2.24, 2.45) is 0 Å². The molecule has 3 rings (SSSR count). The molecule has 0 saturated heterocycles. The molecular formula is C16H13IO. The number of aryl methyl sites for hydroxylation is 1. The zero-order valence-electron chi connectivity index (χ0n) is 9.90. The van der Waals surface area contributed by atoms with Crippen LogP contribution in [0.4, 0.5) is 0 Å². The summed E-state index contributed by atoms with van der Waals surface area (Å²) in [6.45, 7) is 0. The van der Waals surface area contributed by atoms with Crippen molar-refractivity contribution in [2.75, 3.05) is 0 Å². The summed E-state index contributed by atoms with van der Waals surface area (Å²) in [5.41, 5.74) is 4.69. The van der Waals surface area contributed by atoms with Crippen molar-refractivity contribution in [3.63, 3.8) is 0 Å². The number of alkyl halides is 1. The van der Waals surface area contributed by atoms with Gasteiger partial charge in [-0.3, -0.25) is 4.79 Å². The standard InChI is InChI=1S/C16H13IO/c17-16-12-6-2-1-5-11(12)9-10-15(18)13-7-3-4-8-14(13)16/h1-8,16H,9-10H2. The monoisotopic (exact) mass is 348 g/mol. The van der Waals surface area contributed by atoms with Crippen LogP contribution in [0.3, 0.4) is 0 Å². The Morgan fingerprint density at radius 3 is 2.39 bits per heavy atom. The maximum atomic E-state index is 12.2. The van der Waals surface area contributed by atoms with Crippen LogP contribution >= 0.6 is 22.6 Å². The fourth-order valence-electron chi connectivity index (χ4n) is 2.53. The zero-order chi connectivity index (χ0) is 12.5. The van der Waals surface area contributed by atoms with Crippen LogP contribution in [0.2, 0.25) is 0 Å². The van der Waals surface area contributed by atoms with Gasteiger partial charge in [-0.05, 0) is 23.1 Å². The van der Waals surface area contributed by atoms with Crippen LogP contribution in [-0.4, -0.2) is 5.78 Å². The number of hydrogen-bond donors (Lipinski definition) is 0. The van der Waals surface area contributed by atoms with Gasteiger partial charge in [0.25, 0.3) is 0 Å². The molecule has 2 heteroatoms. The third-order valence-electron chi connectivity index (χ3n) is 3.48. The molecule has 0 aliphatic heterocycles. The number of fused-ring (bicyclic) bond motifs is 2. The molecule has 0 heterocycles. The van der Waals surface area contributed by atoms with Gasteiger partial charge in [0.15, 0.2) is 5.78 Å². The number of halogens is 1. The van der Waals surface area contributed by atoms with Gasteiger partial charge in [-0.25, -0.2) is 0 Å². The molecule has 2 aromatic rings. The number of ketones is 1. The highest BCUT2D eigenvalue weighted by Gasteiger charge is 2.22. The van der Waals surface area contributed by atoms with E-state index in [1.165, 1.54) is 11.1 Å². The normalized spacial score (nSPS) is 18.5. The maximum absolute atomic E-state index is 12.2. The lowest BCUT2D eigenvalue weighted by Gasteiger charge is -2.21. The molecular weight excluding hydrogens is 335 g/mol. The van der Waals surface area contributed by atoms with Crippen molar-refractivity contribution in [3.05, 3.63) is 70.8 Å². The number of rotatable bonds is 0. The molecule has 18 heavy (non-hydrogen) atoms. The predicted molar refractivity (Wildman–Crippen MR) is 81.4 cm³/mol. The summed E-state index contributed by atoms with van der Waals surface area (Å²) < 4.78 is 0.263. The molecule has 1 unspecified atom stereocenters. The van der Waals surface area contributed by atoms with Crippen LogP contribution in [0.1, 0.15) is 37.4 Å². The van der Waals surface area contributed by atoms with Gasteiger partial charge in [0.1, 0.15) is 0 Å². The van der Waals surface area contributed by atoms with Crippen LogP contribution in [0.25, 0.3) is 0 Å². The van der Waals surface area contributed by atoms with E-state index in [0.29, 0.717) is 6.42 Å². The summed E-state index contributed by atoms with van der Waals surface area (Å²) in [6, 6.07) is 16.5. The van der Waals surface area contributed by atoms with Crippen LogP contribution in [0.5, 0.6) is 0 Å². The lowest BCUT2D eigenvalue weighted by atomic mass is 9.88. The summed E-state index contributed by atoms with van der Waals surface area (Å²) in [4.78, 5) is 12.2. The highest BCUT2D eigenvalue weighted by Crippen LogP contribution is 2.37. The molecule has 0 fully saturated rings. The molecule has 1 atom stereocenters. The Kier molecular flexibility index (Phi) is 3.20. The largest absolute Gasteiger partial charge is 0.294 e. The van der Waals surface area contributed by atoms with E-state index in [9.17, 15) is 4.79 Å². The van der Waals surface area contributed by atoms with Gasteiger partial charge in [0.2, 0.25) is 0 Å². The highest BCUT2D eigenvalue weighted by molar-refractivity contribution is 14.1. The lowest BCUT2D eigenvalue weighted by molar-refractivity contribution is 0.0981. The maximum Gasteiger partial charge on any atom is 0.163 e. The zero-order valence-corrected chi connectivity index (χ0v) is 12.1. The molecule has 0 radical (unpaired) electrons. The van der Waals surface area contributed by atoms with Gasteiger partial charge in [-0.2, -0.15) is 0 Å². The number of carbonyl (C=O) groups excluding carboxylic acids is 1. The minimum atomic E-state index is 0.263. The quantitative estimate of drug-likeness (QED) is 0.511. The van der Waals surface area contributed by atoms with Crippen molar-refractivity contribution >= 4 is 28.4 Å². The molecule has 0 amide bonds. The SMILES string of the molecule is O=C1CCc2ccccc2C(I)c2ccccc21. The number of carbonyl (C=O) groups is 1. The Hall–Kier alpha value is -1.16. The predicted octanol–water partition coefficient (Wildman–Crippen LogP) is 4.34. The Morgan fingerprint density at radius 2 is 1.56 bits per heavy atom. The molecule has 2 aromatic carbocycles. The van der Waals surface area contributed by atoms with Crippen molar-refractivity contribution < 1.29 is 4.79 Å². The second-order valence-electron chi connectivity index (χ2n) is 4.57. The third-order valence-corrected chi connectivity index (χ3v) is 4.83. The fraction of sp³-hybridized carbons (Fsp3) is 0.188. The van der Waals surface area contributed by atoms with Crippen molar-refractivity contribution in [1.82, 2.24) is 0 Å². The average molecular weight is 348 g/mol. The van der Waals surface area contributed by atoms with E-state index in [4.69, 9.17) is 0 Å². The first-order chi connectivity index (χ1) is 8.77. The van der Waals surface area contributed by atoms with E-state index < -0.39 is 0 Å². The van der Waals surface area contributed by atoms with Gasteiger partial charge in [0, 0.05) is 12.0 Å². The Balaban J connectivity index is 2.20. The topological polar surface area (TPSA) is 17.1 Å². The molecule has 0 saturated carbocycles. The molecule has 0 spiro atoms. The number of hydrogen-bond acceptors (Lipinski definition) is 1. The summed E-state index contributed by atoms with van der Waals surface area (Å²) in [7, 11) is 0. The van der Waals surface area contributed by atoms with Gasteiger partial charge in [0.05, 0.1) is 3.92 Å². The van der Waals surface area contributed by atoms with Crippen molar-refractivity contribution in [2.45, 2.75) is 16.8 Å². The molecule has 0 N–H and O–H groups in total. The molecule has 1 nitrogen and oxygen atoms in total. The second kappa shape index (κ2) is 4.84.